The maximum absolute atomic E-state index is 11.6. The quantitative estimate of drug-likeness (QED) is 0.808. The van der Waals surface area contributed by atoms with Gasteiger partial charge >= 0.3 is 0 Å². The summed E-state index contributed by atoms with van der Waals surface area (Å²) >= 11 is 5.08. The predicted octanol–water partition coefficient (Wildman–Crippen LogP) is 0.648. The minimum absolute atomic E-state index is 0.124. The minimum Gasteiger partial charge on any atom is -0.389 e. The van der Waals surface area contributed by atoms with Crippen LogP contribution in [-0.2, 0) is 9.84 Å². The summed E-state index contributed by atoms with van der Waals surface area (Å²) in [6, 6.07) is 1.73. The van der Waals surface area contributed by atoms with Crippen LogP contribution in [0.3, 0.4) is 0 Å². The van der Waals surface area contributed by atoms with E-state index in [4.69, 9.17) is 18.0 Å². The highest BCUT2D eigenvalue weighted by molar-refractivity contribution is 7.91. The molecule has 1 unspecified atom stereocenters. The highest BCUT2D eigenvalue weighted by atomic mass is 32.2. The number of rotatable bonds is 2. The lowest BCUT2D eigenvalue weighted by molar-refractivity contribution is 0.566. The zero-order valence-corrected chi connectivity index (χ0v) is 12.6. The van der Waals surface area contributed by atoms with Gasteiger partial charge < -0.3 is 10.6 Å². The minimum atomic E-state index is -2.95. The Labute approximate surface area is 118 Å². The molecule has 7 heteroatoms. The maximum atomic E-state index is 11.6. The molecule has 0 amide bonds. The van der Waals surface area contributed by atoms with Crippen LogP contribution in [0.15, 0.2) is 12.3 Å². The summed E-state index contributed by atoms with van der Waals surface area (Å²) < 4.78 is 23.3. The van der Waals surface area contributed by atoms with Crippen molar-refractivity contribution in [2.75, 3.05) is 23.0 Å². The zero-order chi connectivity index (χ0) is 14.2. The van der Waals surface area contributed by atoms with Gasteiger partial charge in [0.1, 0.15) is 10.8 Å². The molecule has 1 aliphatic heterocycles. The maximum Gasteiger partial charge on any atom is 0.154 e. The fraction of sp³-hybridized carbons (Fsp3) is 0.500. The van der Waals surface area contributed by atoms with E-state index < -0.39 is 9.84 Å². The van der Waals surface area contributed by atoms with Crippen molar-refractivity contribution in [2.45, 2.75) is 19.9 Å². The standard InChI is InChI=1S/C12H17N3O2S2/c1-8-3-4-14-12(10(8)11(13)18)15-5-6-19(16,17)7-9(15)2/h3-4,9H,5-7H2,1-2H3,(H2,13,18). The number of pyridine rings is 1. The molecule has 0 spiro atoms. The molecule has 19 heavy (non-hydrogen) atoms. The number of thiocarbonyl (C=S) groups is 1. The van der Waals surface area contributed by atoms with Gasteiger partial charge in [-0.05, 0) is 25.5 Å². The van der Waals surface area contributed by atoms with Crippen molar-refractivity contribution in [2.24, 2.45) is 5.73 Å². The number of hydrogen-bond donors (Lipinski definition) is 1. The molecule has 1 saturated heterocycles. The highest BCUT2D eigenvalue weighted by Crippen LogP contribution is 2.25. The van der Waals surface area contributed by atoms with Crippen LogP contribution < -0.4 is 10.6 Å². The third-order valence-corrected chi connectivity index (χ3v) is 5.33. The second-order valence-electron chi connectivity index (χ2n) is 4.85. The molecule has 104 valence electrons. The first-order valence-electron chi connectivity index (χ1n) is 6.04. The average molecular weight is 299 g/mol. The number of nitrogens with two attached hydrogens (primary N) is 1. The van der Waals surface area contributed by atoms with Gasteiger partial charge in [0.2, 0.25) is 0 Å². The summed E-state index contributed by atoms with van der Waals surface area (Å²) in [5.74, 6) is 0.971. The van der Waals surface area contributed by atoms with E-state index in [2.05, 4.69) is 4.98 Å². The smallest absolute Gasteiger partial charge is 0.154 e. The molecule has 1 fully saturated rings. The van der Waals surface area contributed by atoms with Crippen LogP contribution in [0, 0.1) is 6.92 Å². The Balaban J connectivity index is 2.43. The molecule has 0 radical (unpaired) electrons. The Hall–Kier alpha value is -1.21. The third-order valence-electron chi connectivity index (χ3n) is 3.33. The van der Waals surface area contributed by atoms with Gasteiger partial charge in [-0.25, -0.2) is 13.4 Å². The molecule has 1 aliphatic rings. The molecular weight excluding hydrogens is 282 g/mol. The summed E-state index contributed by atoms with van der Waals surface area (Å²) in [7, 11) is -2.95. The summed E-state index contributed by atoms with van der Waals surface area (Å²) in [4.78, 5) is 6.61. The summed E-state index contributed by atoms with van der Waals surface area (Å²) in [5.41, 5.74) is 7.46. The second-order valence-corrected chi connectivity index (χ2v) is 7.52. The van der Waals surface area contributed by atoms with E-state index in [9.17, 15) is 8.42 Å². The second kappa shape index (κ2) is 5.05. The lowest BCUT2D eigenvalue weighted by Crippen LogP contribution is -2.48. The largest absolute Gasteiger partial charge is 0.389 e. The molecule has 1 aromatic rings. The third kappa shape index (κ3) is 2.87. The van der Waals surface area contributed by atoms with Gasteiger partial charge in [-0.2, -0.15) is 0 Å². The van der Waals surface area contributed by atoms with E-state index in [1.165, 1.54) is 0 Å². The van der Waals surface area contributed by atoms with E-state index >= 15 is 0 Å². The van der Waals surface area contributed by atoms with Gasteiger partial charge in [-0.3, -0.25) is 0 Å². The van der Waals surface area contributed by atoms with Crippen LogP contribution >= 0.6 is 12.2 Å². The Morgan fingerprint density at radius 2 is 2.26 bits per heavy atom. The molecule has 0 aliphatic carbocycles. The topological polar surface area (TPSA) is 76.3 Å². The summed E-state index contributed by atoms with van der Waals surface area (Å²) in [5, 5.41) is 0. The van der Waals surface area contributed by atoms with Crippen LogP contribution in [0.25, 0.3) is 0 Å². The van der Waals surface area contributed by atoms with Gasteiger partial charge in [0.25, 0.3) is 0 Å². The van der Waals surface area contributed by atoms with Gasteiger partial charge in [0.15, 0.2) is 9.84 Å². The van der Waals surface area contributed by atoms with Gasteiger partial charge in [-0.1, -0.05) is 12.2 Å². The van der Waals surface area contributed by atoms with Crippen LogP contribution in [0.5, 0.6) is 0 Å². The molecule has 1 aromatic heterocycles. The van der Waals surface area contributed by atoms with Crippen molar-refractivity contribution < 1.29 is 8.42 Å². The van der Waals surface area contributed by atoms with Crippen LogP contribution in [-0.4, -0.2) is 42.5 Å². The Bertz CT molecular complexity index is 613. The fourth-order valence-corrected chi connectivity index (χ4v) is 4.19. The van der Waals surface area contributed by atoms with Gasteiger partial charge in [0.05, 0.1) is 17.1 Å². The average Bonchev–Trinajstić information content (AvgIpc) is 2.26. The monoisotopic (exact) mass is 299 g/mol. The van der Waals surface area contributed by atoms with E-state index in [1.54, 1.807) is 6.20 Å². The Morgan fingerprint density at radius 3 is 2.84 bits per heavy atom. The van der Waals surface area contributed by atoms with Gasteiger partial charge in [0, 0.05) is 18.8 Å². The number of aryl methyl sites for hydroxylation is 1. The first-order valence-corrected chi connectivity index (χ1v) is 8.27. The van der Waals surface area contributed by atoms with Gasteiger partial charge in [-0.15, -0.1) is 0 Å². The van der Waals surface area contributed by atoms with Crippen LogP contribution in [0.1, 0.15) is 18.1 Å². The number of anilines is 1. The van der Waals surface area contributed by atoms with E-state index in [0.717, 1.165) is 11.1 Å². The number of aromatic nitrogens is 1. The molecule has 2 N–H and O–H groups in total. The lowest BCUT2D eigenvalue weighted by atomic mass is 10.1. The fourth-order valence-electron chi connectivity index (χ4n) is 2.38. The zero-order valence-electron chi connectivity index (χ0n) is 11.0. The SMILES string of the molecule is Cc1ccnc(N2CCS(=O)(=O)CC2C)c1C(N)=S. The molecule has 2 heterocycles. The molecule has 2 rings (SSSR count). The summed E-state index contributed by atoms with van der Waals surface area (Å²) in [6.45, 7) is 4.23. The van der Waals surface area contributed by atoms with Crippen LogP contribution in [0.2, 0.25) is 0 Å². The van der Waals surface area contributed by atoms with Crippen LogP contribution in [0.4, 0.5) is 5.82 Å². The molecule has 0 bridgehead atoms. The number of hydrogen-bond acceptors (Lipinski definition) is 5. The lowest BCUT2D eigenvalue weighted by Gasteiger charge is -2.35. The molecule has 5 nitrogen and oxygen atoms in total. The number of sulfone groups is 1. The molecular formula is C12H17N3O2S2. The highest BCUT2D eigenvalue weighted by Gasteiger charge is 2.30. The van der Waals surface area contributed by atoms with Crippen molar-refractivity contribution in [1.82, 2.24) is 4.98 Å². The van der Waals surface area contributed by atoms with Crippen molar-refractivity contribution in [3.8, 4) is 0 Å². The Kier molecular flexibility index (Phi) is 3.78. The van der Waals surface area contributed by atoms with Crippen molar-refractivity contribution >= 4 is 32.9 Å². The molecule has 1 atom stereocenters. The van der Waals surface area contributed by atoms with Crippen molar-refractivity contribution in [1.29, 1.82) is 0 Å². The normalized spacial score (nSPS) is 22.2. The van der Waals surface area contributed by atoms with E-state index in [0.29, 0.717) is 17.4 Å². The first-order chi connectivity index (χ1) is 8.82. The molecule has 0 aromatic carbocycles. The predicted molar refractivity (Wildman–Crippen MR) is 80.3 cm³/mol. The first kappa shape index (κ1) is 14.2. The van der Waals surface area contributed by atoms with Crippen molar-refractivity contribution in [3.05, 3.63) is 23.4 Å². The Morgan fingerprint density at radius 1 is 1.58 bits per heavy atom. The number of nitrogens with zero attached hydrogens (tertiary/aromatic N) is 2. The summed E-state index contributed by atoms with van der Waals surface area (Å²) in [6.07, 6.45) is 1.70. The van der Waals surface area contributed by atoms with Crippen molar-refractivity contribution in [3.63, 3.8) is 0 Å². The molecule has 0 saturated carbocycles. The van der Waals surface area contributed by atoms with E-state index in [1.807, 2.05) is 24.8 Å². The van der Waals surface area contributed by atoms with E-state index in [-0.39, 0.29) is 17.5 Å².